The highest BCUT2D eigenvalue weighted by Gasteiger charge is 2.51. The lowest BCUT2D eigenvalue weighted by molar-refractivity contribution is -0.0963. The van der Waals surface area contributed by atoms with Crippen LogP contribution in [0.2, 0.25) is 0 Å². The Labute approximate surface area is 321 Å². The predicted octanol–water partition coefficient (Wildman–Crippen LogP) is 5.98. The molecule has 2 saturated heterocycles. The number of imidazole rings is 1. The van der Waals surface area contributed by atoms with Crippen molar-refractivity contribution in [2.45, 2.75) is 43.0 Å². The van der Waals surface area contributed by atoms with Crippen LogP contribution < -0.4 is 9.47 Å². The van der Waals surface area contributed by atoms with Crippen LogP contribution in [0.3, 0.4) is 0 Å². The third-order valence-electron chi connectivity index (χ3n) is 9.89. The van der Waals surface area contributed by atoms with Crippen LogP contribution >= 0.6 is 7.58 Å². The maximum atomic E-state index is 7.26. The summed E-state index contributed by atoms with van der Waals surface area (Å²) in [6.07, 6.45) is 2.59. The zero-order valence-corrected chi connectivity index (χ0v) is 32.5. The molecule has 2 aliphatic rings. The van der Waals surface area contributed by atoms with Gasteiger partial charge in [0.2, 0.25) is 0 Å². The molecular weight excluding hydrogens is 728 g/mol. The number of amidine groups is 1. The van der Waals surface area contributed by atoms with Gasteiger partial charge < -0.3 is 33.3 Å². The maximum absolute atomic E-state index is 7.26. The second-order valence-electron chi connectivity index (χ2n) is 12.9. The molecular formula is C39H44N6O7PS+. The molecule has 1 unspecified atom stereocenters. The molecule has 0 spiro atoms. The fourth-order valence-corrected chi connectivity index (χ4v) is 7.89. The molecule has 13 nitrogen and oxygen atoms in total. The molecule has 2 aromatic heterocycles. The van der Waals surface area contributed by atoms with Crippen LogP contribution in [0.5, 0.6) is 11.5 Å². The summed E-state index contributed by atoms with van der Waals surface area (Å²) in [7, 11) is 6.71. The number of fused-ring (bicyclic) bond motifs is 1. The van der Waals surface area contributed by atoms with E-state index in [1.807, 2.05) is 78.3 Å². The first-order chi connectivity index (χ1) is 26.5. The van der Waals surface area contributed by atoms with Crippen LogP contribution in [0.15, 0.2) is 96.5 Å². The SMILES string of the molecule is COCCO[C@@H]1[C@H](O[PH+]=S)[C@@H](COC(c2ccccc2)(c2ccc(OC)cc2)c2ccc(OC)cc2)O[C@H]1n1cnc2c(/N=C3\CCCN3C)ncnc21. The Balaban J connectivity index is 1.29. The molecule has 0 amide bonds. The van der Waals surface area contributed by atoms with E-state index in [9.17, 15) is 0 Å². The fraction of sp³-hybridized carbons (Fsp3) is 0.385. The van der Waals surface area contributed by atoms with Gasteiger partial charge in [-0.3, -0.25) is 4.57 Å². The number of benzene rings is 3. The van der Waals surface area contributed by atoms with Gasteiger partial charge in [-0.25, -0.2) is 19.9 Å². The van der Waals surface area contributed by atoms with Crippen LogP contribution in [-0.2, 0) is 40.9 Å². The molecule has 15 heteroatoms. The number of hydrogen-bond acceptors (Lipinski definition) is 12. The van der Waals surface area contributed by atoms with Crippen molar-refractivity contribution in [1.82, 2.24) is 24.4 Å². The summed E-state index contributed by atoms with van der Waals surface area (Å²) in [5.74, 6) is 2.93. The van der Waals surface area contributed by atoms with E-state index in [1.54, 1.807) is 27.7 Å². The summed E-state index contributed by atoms with van der Waals surface area (Å²) in [5, 5.41) is 0. The largest absolute Gasteiger partial charge is 0.497 e. The van der Waals surface area contributed by atoms with E-state index in [1.165, 1.54) is 6.33 Å². The molecule has 4 heterocycles. The molecule has 7 rings (SSSR count). The molecule has 54 heavy (non-hydrogen) atoms. The summed E-state index contributed by atoms with van der Waals surface area (Å²) >= 11 is 5.42. The average molecular weight is 772 g/mol. The van der Waals surface area contributed by atoms with Crippen molar-refractivity contribution in [2.75, 3.05) is 54.7 Å². The first-order valence-electron chi connectivity index (χ1n) is 17.7. The fourth-order valence-electron chi connectivity index (χ4n) is 7.16. The minimum absolute atomic E-state index is 0.102. The van der Waals surface area contributed by atoms with Crippen LogP contribution in [0, 0.1) is 0 Å². The normalized spacial score (nSPS) is 21.0. The van der Waals surface area contributed by atoms with Gasteiger partial charge in [-0.05, 0) is 47.4 Å². The Hall–Kier alpha value is -4.40. The van der Waals surface area contributed by atoms with Gasteiger partial charge >= 0.3 is 7.58 Å². The number of hydrogen-bond donors (Lipinski definition) is 0. The molecule has 282 valence electrons. The Morgan fingerprint density at radius 3 is 2.17 bits per heavy atom. The minimum atomic E-state index is -1.08. The Kier molecular flexibility index (Phi) is 12.2. The van der Waals surface area contributed by atoms with Crippen molar-refractivity contribution in [3.05, 3.63) is 108 Å². The van der Waals surface area contributed by atoms with Gasteiger partial charge in [0.1, 0.15) is 41.5 Å². The molecule has 5 aromatic rings. The maximum Gasteiger partial charge on any atom is 0.323 e. The molecule has 0 saturated carbocycles. The quantitative estimate of drug-likeness (QED) is 0.0667. The zero-order valence-electron chi connectivity index (χ0n) is 30.7. The van der Waals surface area contributed by atoms with E-state index in [4.69, 9.17) is 54.7 Å². The van der Waals surface area contributed by atoms with Gasteiger partial charge in [-0.2, -0.15) is 4.52 Å². The molecule has 3 aromatic carbocycles. The van der Waals surface area contributed by atoms with Crippen molar-refractivity contribution in [1.29, 1.82) is 0 Å². The molecule has 0 radical (unpaired) electrons. The second kappa shape index (κ2) is 17.4. The Bertz CT molecular complexity index is 1990. The Morgan fingerprint density at radius 2 is 1.56 bits per heavy atom. The van der Waals surface area contributed by atoms with Crippen LogP contribution in [0.25, 0.3) is 11.2 Å². The topological polar surface area (TPSA) is 124 Å². The van der Waals surface area contributed by atoms with Gasteiger partial charge in [0, 0.05) is 27.1 Å². The monoisotopic (exact) mass is 771 g/mol. The summed E-state index contributed by atoms with van der Waals surface area (Å²) < 4.78 is 45.2. The van der Waals surface area contributed by atoms with Crippen molar-refractivity contribution >= 4 is 42.2 Å². The molecule has 0 N–H and O–H groups in total. The predicted molar refractivity (Wildman–Crippen MR) is 209 cm³/mol. The highest BCUT2D eigenvalue weighted by molar-refractivity contribution is 7.94. The van der Waals surface area contributed by atoms with E-state index in [2.05, 4.69) is 27.0 Å². The van der Waals surface area contributed by atoms with Crippen LogP contribution in [-0.4, -0.2) is 103 Å². The molecule has 2 fully saturated rings. The first-order valence-corrected chi connectivity index (χ1v) is 19.8. The summed E-state index contributed by atoms with van der Waals surface area (Å²) in [6, 6.07) is 25.9. The third kappa shape index (κ3) is 7.60. The summed E-state index contributed by atoms with van der Waals surface area (Å²) in [4.78, 5) is 20.9. The first kappa shape index (κ1) is 37.9. The molecule has 2 aliphatic heterocycles. The standard InChI is InChI=1S/C39H43N6O7PS/c1-44-20-8-11-32(44)43-36-33-37(41-24-40-36)45(25-42-33)38-35(49-22-21-46-2)34(52-53-54)31(51-38)23-50-39(26-9-6-5-7-10-26,27-12-16-29(47-3)17-13-27)28-14-18-30(48-4)19-15-28/h5-7,9-10,12-19,24-25,31,34-35,38H,8,11,20-23H2,1-4H3/p+1/b43-32+/t31-,34-,35-,38-/m1/s1. The number of methoxy groups -OCH3 is 3. The van der Waals surface area contributed by atoms with E-state index in [0.717, 1.165) is 53.4 Å². The number of likely N-dealkylation sites (tertiary alicyclic amines) is 1. The van der Waals surface area contributed by atoms with Crippen molar-refractivity contribution in [2.24, 2.45) is 4.99 Å². The van der Waals surface area contributed by atoms with E-state index >= 15 is 0 Å². The number of aromatic nitrogens is 4. The number of aliphatic imine (C=N–C) groups is 1. The lowest BCUT2D eigenvalue weighted by Gasteiger charge is -2.37. The van der Waals surface area contributed by atoms with Gasteiger partial charge in [0.15, 0.2) is 41.1 Å². The van der Waals surface area contributed by atoms with Crippen molar-refractivity contribution < 1.29 is 32.9 Å². The van der Waals surface area contributed by atoms with Crippen molar-refractivity contribution in [3.8, 4) is 11.5 Å². The zero-order chi connectivity index (χ0) is 37.5. The number of ether oxygens (including phenoxy) is 6. The summed E-state index contributed by atoms with van der Waals surface area (Å²) in [5.41, 5.74) is 2.75. The lowest BCUT2D eigenvalue weighted by atomic mass is 9.80. The minimum Gasteiger partial charge on any atom is -0.497 e. The average Bonchev–Trinajstić information content (AvgIpc) is 3.93. The second-order valence-corrected chi connectivity index (χ2v) is 13.9. The third-order valence-corrected chi connectivity index (χ3v) is 10.5. The number of rotatable bonds is 16. The molecule has 5 atom stereocenters. The summed E-state index contributed by atoms with van der Waals surface area (Å²) in [6.45, 7) is 1.73. The van der Waals surface area contributed by atoms with E-state index < -0.39 is 30.1 Å². The lowest BCUT2D eigenvalue weighted by Crippen LogP contribution is -2.41. The smallest absolute Gasteiger partial charge is 0.323 e. The van der Waals surface area contributed by atoms with E-state index in [0.29, 0.717) is 30.2 Å². The Morgan fingerprint density at radius 1 is 0.870 bits per heavy atom. The highest BCUT2D eigenvalue weighted by atomic mass is 32.4. The van der Waals surface area contributed by atoms with Gasteiger partial charge in [-0.1, -0.05) is 54.6 Å². The molecule has 0 bridgehead atoms. The van der Waals surface area contributed by atoms with Crippen LogP contribution in [0.1, 0.15) is 35.8 Å². The van der Waals surface area contributed by atoms with Crippen LogP contribution in [0.4, 0.5) is 5.82 Å². The van der Waals surface area contributed by atoms with Gasteiger partial charge in [0.25, 0.3) is 0 Å². The molecule has 0 aliphatic carbocycles. The van der Waals surface area contributed by atoms with Gasteiger partial charge in [0.05, 0.1) is 40.4 Å². The van der Waals surface area contributed by atoms with Crippen molar-refractivity contribution in [3.63, 3.8) is 0 Å². The van der Waals surface area contributed by atoms with Gasteiger partial charge in [-0.15, -0.1) is 0 Å². The number of nitrogens with zero attached hydrogens (tertiary/aromatic N) is 6. The highest BCUT2D eigenvalue weighted by Crippen LogP contribution is 2.44. The van der Waals surface area contributed by atoms with E-state index in [-0.39, 0.29) is 14.2 Å².